The third-order valence-electron chi connectivity index (χ3n) is 2.94. The molecule has 18 heavy (non-hydrogen) atoms. The molecule has 0 aliphatic rings. The Balaban J connectivity index is 0.00000120. The number of nitrogens with two attached hydrogens (primary N) is 1. The number of furan rings is 1. The third-order valence-corrected chi connectivity index (χ3v) is 2.94. The van der Waals surface area contributed by atoms with E-state index in [0.29, 0.717) is 6.54 Å². The smallest absolute Gasteiger partial charge is 0.248 e. The van der Waals surface area contributed by atoms with Gasteiger partial charge in [0.25, 0.3) is 0 Å². The molecule has 2 aromatic heterocycles. The highest BCUT2D eigenvalue weighted by molar-refractivity contribution is 6.04. The van der Waals surface area contributed by atoms with E-state index in [2.05, 4.69) is 4.98 Å². The van der Waals surface area contributed by atoms with E-state index in [-0.39, 0.29) is 18.0 Å². The van der Waals surface area contributed by atoms with Crippen molar-refractivity contribution < 1.29 is 4.42 Å². The minimum absolute atomic E-state index is 0. The number of nitrogens with one attached hydrogen (secondary N) is 1. The van der Waals surface area contributed by atoms with Crippen molar-refractivity contribution in [1.29, 1.82) is 0 Å². The number of halogens is 1. The van der Waals surface area contributed by atoms with Crippen LogP contribution >= 0.6 is 12.4 Å². The van der Waals surface area contributed by atoms with Crippen molar-refractivity contribution in [3.63, 3.8) is 0 Å². The Kier molecular flexibility index (Phi) is 3.15. The molecule has 0 saturated carbocycles. The number of aromatic nitrogens is 1. The molecule has 0 spiro atoms. The van der Waals surface area contributed by atoms with Gasteiger partial charge in [0.2, 0.25) is 5.56 Å². The monoisotopic (exact) mass is 264 g/mol. The number of aryl methyl sites for hydroxylation is 1. The summed E-state index contributed by atoms with van der Waals surface area (Å²) in [6.07, 6.45) is 0. The van der Waals surface area contributed by atoms with Crippen LogP contribution in [0.1, 0.15) is 11.3 Å². The summed E-state index contributed by atoms with van der Waals surface area (Å²) in [5.41, 5.74) is 8.09. The number of benzene rings is 1. The standard InChI is InChI=1S/C13H12N2O2.ClH/c1-7-4-8-5-9(6-14)17-13(8)10-2-3-11(16)15-12(7)10;/h2-5H,6,14H2,1H3,(H,15,16);1H. The van der Waals surface area contributed by atoms with Crippen molar-refractivity contribution in [2.45, 2.75) is 13.5 Å². The average molecular weight is 265 g/mol. The first-order valence-electron chi connectivity index (χ1n) is 5.44. The van der Waals surface area contributed by atoms with E-state index in [0.717, 1.165) is 33.2 Å². The lowest BCUT2D eigenvalue weighted by Gasteiger charge is -2.02. The quantitative estimate of drug-likeness (QED) is 0.709. The molecule has 3 N–H and O–H groups in total. The number of hydrogen-bond donors (Lipinski definition) is 2. The summed E-state index contributed by atoms with van der Waals surface area (Å²) in [5.74, 6) is 0.748. The Bertz CT molecular complexity index is 774. The zero-order valence-electron chi connectivity index (χ0n) is 9.82. The second-order valence-electron chi connectivity index (χ2n) is 4.14. The van der Waals surface area contributed by atoms with Gasteiger partial charge in [-0.1, -0.05) is 0 Å². The van der Waals surface area contributed by atoms with Crippen molar-refractivity contribution in [2.75, 3.05) is 0 Å². The molecule has 5 heteroatoms. The Morgan fingerprint density at radius 2 is 2.11 bits per heavy atom. The molecule has 0 atom stereocenters. The van der Waals surface area contributed by atoms with Crippen molar-refractivity contribution in [3.8, 4) is 0 Å². The van der Waals surface area contributed by atoms with Crippen LogP contribution in [0.2, 0.25) is 0 Å². The van der Waals surface area contributed by atoms with Crippen molar-refractivity contribution in [3.05, 3.63) is 45.9 Å². The first-order valence-corrected chi connectivity index (χ1v) is 5.44. The zero-order valence-corrected chi connectivity index (χ0v) is 10.6. The van der Waals surface area contributed by atoms with Crippen LogP contribution in [0.3, 0.4) is 0 Å². The highest BCUT2D eigenvalue weighted by Gasteiger charge is 2.09. The molecule has 3 aromatic rings. The van der Waals surface area contributed by atoms with Crippen LogP contribution in [-0.2, 0) is 6.54 Å². The predicted molar refractivity (Wildman–Crippen MR) is 74.2 cm³/mol. The van der Waals surface area contributed by atoms with E-state index in [1.54, 1.807) is 6.07 Å². The Morgan fingerprint density at radius 3 is 2.83 bits per heavy atom. The SMILES string of the molecule is Cc1cc2cc(CN)oc2c2ccc(=O)[nH]c12.Cl. The summed E-state index contributed by atoms with van der Waals surface area (Å²) in [6.45, 7) is 2.34. The van der Waals surface area contributed by atoms with Gasteiger partial charge in [-0.15, -0.1) is 12.4 Å². The molecule has 0 aliphatic heterocycles. The van der Waals surface area contributed by atoms with Crippen LogP contribution in [0, 0.1) is 6.92 Å². The van der Waals surface area contributed by atoms with E-state index < -0.39 is 0 Å². The summed E-state index contributed by atoms with van der Waals surface area (Å²) >= 11 is 0. The highest BCUT2D eigenvalue weighted by atomic mass is 35.5. The summed E-state index contributed by atoms with van der Waals surface area (Å²) < 4.78 is 5.68. The maximum absolute atomic E-state index is 11.3. The van der Waals surface area contributed by atoms with Gasteiger partial charge in [-0.05, 0) is 30.7 Å². The molecule has 4 nitrogen and oxygen atoms in total. The van der Waals surface area contributed by atoms with Gasteiger partial charge in [0.05, 0.1) is 12.1 Å². The molecule has 0 bridgehead atoms. The maximum Gasteiger partial charge on any atom is 0.248 e. The molecule has 94 valence electrons. The number of rotatable bonds is 1. The molecule has 0 saturated heterocycles. The van der Waals surface area contributed by atoms with Gasteiger partial charge in [-0.3, -0.25) is 4.79 Å². The number of pyridine rings is 1. The van der Waals surface area contributed by atoms with Crippen LogP contribution in [0.15, 0.2) is 33.5 Å². The molecule has 0 unspecified atom stereocenters. The lowest BCUT2D eigenvalue weighted by Crippen LogP contribution is -2.03. The molecule has 3 rings (SSSR count). The van der Waals surface area contributed by atoms with Gasteiger partial charge >= 0.3 is 0 Å². The van der Waals surface area contributed by atoms with Crippen molar-refractivity contribution in [2.24, 2.45) is 5.73 Å². The number of H-pyrrole nitrogens is 1. The van der Waals surface area contributed by atoms with Gasteiger partial charge in [0, 0.05) is 16.8 Å². The highest BCUT2D eigenvalue weighted by Crippen LogP contribution is 2.28. The minimum atomic E-state index is -0.106. The number of hydrogen-bond acceptors (Lipinski definition) is 3. The van der Waals surface area contributed by atoms with Crippen molar-refractivity contribution >= 4 is 34.3 Å². The lowest BCUT2D eigenvalue weighted by atomic mass is 10.1. The average Bonchev–Trinajstić information content (AvgIpc) is 2.72. The van der Waals surface area contributed by atoms with Crippen LogP contribution in [-0.4, -0.2) is 4.98 Å². The minimum Gasteiger partial charge on any atom is -0.459 e. The summed E-state index contributed by atoms with van der Waals surface area (Å²) in [5, 5.41) is 1.93. The Hall–Kier alpha value is -1.78. The van der Waals surface area contributed by atoms with E-state index >= 15 is 0 Å². The first kappa shape index (κ1) is 12.7. The van der Waals surface area contributed by atoms with Crippen LogP contribution < -0.4 is 11.3 Å². The number of fused-ring (bicyclic) bond motifs is 3. The van der Waals surface area contributed by atoms with E-state index in [4.69, 9.17) is 10.2 Å². The second-order valence-corrected chi connectivity index (χ2v) is 4.14. The molecule has 0 aliphatic carbocycles. The summed E-state index contributed by atoms with van der Waals surface area (Å²) in [6, 6.07) is 7.22. The summed E-state index contributed by atoms with van der Waals surface area (Å²) in [7, 11) is 0. The first-order chi connectivity index (χ1) is 8.19. The molecule has 1 aromatic carbocycles. The van der Waals surface area contributed by atoms with E-state index in [1.807, 2.05) is 19.1 Å². The molecular formula is C13H13ClN2O2. The number of aromatic amines is 1. The third kappa shape index (κ3) is 1.79. The van der Waals surface area contributed by atoms with Crippen LogP contribution in [0.5, 0.6) is 0 Å². The fourth-order valence-corrected chi connectivity index (χ4v) is 2.16. The lowest BCUT2D eigenvalue weighted by molar-refractivity contribution is 0.555. The molecule has 0 radical (unpaired) electrons. The molecule has 2 heterocycles. The van der Waals surface area contributed by atoms with Crippen molar-refractivity contribution in [1.82, 2.24) is 4.98 Å². The second kappa shape index (κ2) is 4.48. The van der Waals surface area contributed by atoms with Gasteiger partial charge in [0.15, 0.2) is 0 Å². The van der Waals surface area contributed by atoms with Crippen LogP contribution in [0.4, 0.5) is 0 Å². The topological polar surface area (TPSA) is 72.0 Å². The van der Waals surface area contributed by atoms with E-state index in [9.17, 15) is 4.79 Å². The summed E-state index contributed by atoms with van der Waals surface area (Å²) in [4.78, 5) is 14.2. The normalized spacial score (nSPS) is 10.8. The van der Waals surface area contributed by atoms with Gasteiger partial charge in [-0.2, -0.15) is 0 Å². The Labute approximate surface area is 109 Å². The fraction of sp³-hybridized carbons (Fsp3) is 0.154. The largest absolute Gasteiger partial charge is 0.459 e. The van der Waals surface area contributed by atoms with E-state index in [1.165, 1.54) is 6.07 Å². The Morgan fingerprint density at radius 1 is 1.33 bits per heavy atom. The molecule has 0 fully saturated rings. The van der Waals surface area contributed by atoms with Gasteiger partial charge < -0.3 is 15.1 Å². The molecular weight excluding hydrogens is 252 g/mol. The van der Waals surface area contributed by atoms with Gasteiger partial charge in [-0.25, -0.2) is 0 Å². The van der Waals surface area contributed by atoms with Crippen LogP contribution in [0.25, 0.3) is 21.9 Å². The predicted octanol–water partition coefficient (Wildman–Crippen LogP) is 2.46. The fourth-order valence-electron chi connectivity index (χ4n) is 2.16. The molecule has 0 amide bonds. The zero-order chi connectivity index (χ0) is 12.0. The maximum atomic E-state index is 11.3. The van der Waals surface area contributed by atoms with Gasteiger partial charge in [0.1, 0.15) is 11.3 Å².